The first-order valence-corrected chi connectivity index (χ1v) is 10.8. The van der Waals surface area contributed by atoms with E-state index in [9.17, 15) is 18.0 Å². The Labute approximate surface area is 178 Å². The molecule has 0 saturated carbocycles. The molecule has 2 rings (SSSR count). The summed E-state index contributed by atoms with van der Waals surface area (Å²) in [6.07, 6.45) is 5.25. The molecule has 0 heterocycles. The molecule has 0 saturated heterocycles. The van der Waals surface area contributed by atoms with Crippen molar-refractivity contribution in [3.63, 3.8) is 0 Å². The molecule has 2 N–H and O–H groups in total. The van der Waals surface area contributed by atoms with Gasteiger partial charge in [0.15, 0.2) is 0 Å². The zero-order valence-corrected chi connectivity index (χ0v) is 18.1. The molecule has 7 nitrogen and oxygen atoms in total. The second kappa shape index (κ2) is 10.2. The van der Waals surface area contributed by atoms with E-state index in [0.29, 0.717) is 11.3 Å². The molecule has 0 fully saturated rings. The standard InChI is InChI=1S/C20H20BrN3O4S/c1-3-15-5-4-6-17(13-15)23-19(25)14-24(2)20(26)11-12-22-29(27,28)18-9-7-16(21)8-10-18/h1,4-10,13,22H,11-12,14H2,2H3,(H,23,25). The van der Waals surface area contributed by atoms with Gasteiger partial charge in [0.2, 0.25) is 21.8 Å². The Morgan fingerprint density at radius 1 is 1.17 bits per heavy atom. The van der Waals surface area contributed by atoms with Crippen molar-refractivity contribution in [2.45, 2.75) is 11.3 Å². The monoisotopic (exact) mass is 477 g/mol. The summed E-state index contributed by atoms with van der Waals surface area (Å²) in [5, 5.41) is 2.67. The molecule has 0 aliphatic rings. The second-order valence-electron chi connectivity index (χ2n) is 6.12. The van der Waals surface area contributed by atoms with Crippen LogP contribution in [0.4, 0.5) is 5.69 Å². The number of carbonyl (C=O) groups is 2. The van der Waals surface area contributed by atoms with Crippen molar-refractivity contribution in [3.05, 3.63) is 58.6 Å². The van der Waals surface area contributed by atoms with Gasteiger partial charge >= 0.3 is 0 Å². The molecule has 0 radical (unpaired) electrons. The van der Waals surface area contributed by atoms with Crippen LogP contribution >= 0.6 is 15.9 Å². The third-order valence-corrected chi connectivity index (χ3v) is 5.88. The van der Waals surface area contributed by atoms with E-state index in [-0.39, 0.29) is 36.2 Å². The number of likely N-dealkylation sites (N-methyl/N-ethyl adjacent to an activating group) is 1. The average Bonchev–Trinajstić information content (AvgIpc) is 2.68. The molecular weight excluding hydrogens is 458 g/mol. The van der Waals surface area contributed by atoms with Crippen LogP contribution in [0.25, 0.3) is 0 Å². The van der Waals surface area contributed by atoms with Gasteiger partial charge in [0.05, 0.1) is 11.4 Å². The van der Waals surface area contributed by atoms with Crippen LogP contribution in [0.15, 0.2) is 57.9 Å². The maximum atomic E-state index is 12.2. The van der Waals surface area contributed by atoms with Gasteiger partial charge in [-0.1, -0.05) is 27.9 Å². The van der Waals surface area contributed by atoms with Gasteiger partial charge in [0.1, 0.15) is 0 Å². The number of sulfonamides is 1. The summed E-state index contributed by atoms with van der Waals surface area (Å²) in [6.45, 7) is -0.244. The molecule has 9 heteroatoms. The molecule has 0 aliphatic carbocycles. The summed E-state index contributed by atoms with van der Waals surface area (Å²) < 4.78 is 27.5. The Morgan fingerprint density at radius 2 is 1.86 bits per heavy atom. The topological polar surface area (TPSA) is 95.6 Å². The van der Waals surface area contributed by atoms with Gasteiger partial charge in [-0.25, -0.2) is 13.1 Å². The van der Waals surface area contributed by atoms with E-state index >= 15 is 0 Å². The molecule has 2 amide bonds. The number of hydrogen-bond donors (Lipinski definition) is 2. The molecule has 2 aromatic carbocycles. The van der Waals surface area contributed by atoms with Crippen molar-refractivity contribution >= 4 is 43.5 Å². The van der Waals surface area contributed by atoms with E-state index in [1.165, 1.54) is 24.1 Å². The minimum atomic E-state index is -3.71. The number of terminal acetylenes is 1. The summed E-state index contributed by atoms with van der Waals surface area (Å²) in [6, 6.07) is 12.9. The lowest BCUT2D eigenvalue weighted by molar-refractivity contribution is -0.133. The number of nitrogens with one attached hydrogen (secondary N) is 2. The Bertz CT molecular complexity index is 1030. The third kappa shape index (κ3) is 7.02. The molecule has 2 aromatic rings. The highest BCUT2D eigenvalue weighted by Gasteiger charge is 2.16. The predicted octanol–water partition coefficient (Wildman–Crippen LogP) is 2.20. The first-order valence-electron chi connectivity index (χ1n) is 8.57. The van der Waals surface area contributed by atoms with Gasteiger partial charge < -0.3 is 10.2 Å². The number of hydrogen-bond acceptors (Lipinski definition) is 4. The Balaban J connectivity index is 1.81. The van der Waals surface area contributed by atoms with E-state index < -0.39 is 10.0 Å². The highest BCUT2D eigenvalue weighted by atomic mass is 79.9. The summed E-state index contributed by atoms with van der Waals surface area (Å²) in [7, 11) is -2.23. The molecule has 0 spiro atoms. The van der Waals surface area contributed by atoms with Crippen LogP contribution in [-0.2, 0) is 19.6 Å². The molecule has 152 valence electrons. The van der Waals surface area contributed by atoms with E-state index in [2.05, 4.69) is 31.9 Å². The summed E-state index contributed by atoms with van der Waals surface area (Å²) >= 11 is 3.24. The molecule has 0 aromatic heterocycles. The SMILES string of the molecule is C#Cc1cccc(NC(=O)CN(C)C(=O)CCNS(=O)(=O)c2ccc(Br)cc2)c1. The Hall–Kier alpha value is -2.67. The van der Waals surface area contributed by atoms with Gasteiger partial charge in [-0.05, 0) is 42.5 Å². The largest absolute Gasteiger partial charge is 0.336 e. The van der Waals surface area contributed by atoms with Crippen molar-refractivity contribution in [3.8, 4) is 12.3 Å². The molecular formula is C20H20BrN3O4S. The maximum Gasteiger partial charge on any atom is 0.243 e. The zero-order valence-electron chi connectivity index (χ0n) is 15.7. The first kappa shape index (κ1) is 22.6. The number of halogens is 1. The lowest BCUT2D eigenvalue weighted by Gasteiger charge is -2.17. The Kier molecular flexibility index (Phi) is 7.96. The second-order valence-corrected chi connectivity index (χ2v) is 8.81. The summed E-state index contributed by atoms with van der Waals surface area (Å²) in [5.74, 6) is 1.73. The molecule has 0 aliphatic heterocycles. The fourth-order valence-corrected chi connectivity index (χ4v) is 3.67. The lowest BCUT2D eigenvalue weighted by Crippen LogP contribution is -2.37. The van der Waals surface area contributed by atoms with Gasteiger partial charge in [-0.2, -0.15) is 0 Å². The van der Waals surface area contributed by atoms with Crippen LogP contribution in [0, 0.1) is 12.3 Å². The minimum absolute atomic E-state index is 0.0760. The highest BCUT2D eigenvalue weighted by molar-refractivity contribution is 9.10. The zero-order chi connectivity index (χ0) is 21.4. The fourth-order valence-electron chi connectivity index (χ4n) is 2.37. The number of carbonyl (C=O) groups excluding carboxylic acids is 2. The van der Waals surface area contributed by atoms with E-state index in [1.54, 1.807) is 36.4 Å². The quantitative estimate of drug-likeness (QED) is 0.569. The Morgan fingerprint density at radius 3 is 2.52 bits per heavy atom. The van der Waals surface area contributed by atoms with Crippen LogP contribution in [0.5, 0.6) is 0 Å². The van der Waals surface area contributed by atoms with Crippen LogP contribution in [0.2, 0.25) is 0 Å². The lowest BCUT2D eigenvalue weighted by atomic mass is 10.2. The normalized spacial score (nSPS) is 10.8. The molecule has 0 atom stereocenters. The molecule has 0 unspecified atom stereocenters. The third-order valence-electron chi connectivity index (χ3n) is 3.87. The van der Waals surface area contributed by atoms with Crippen molar-refractivity contribution in [1.82, 2.24) is 9.62 Å². The predicted molar refractivity (Wildman–Crippen MR) is 115 cm³/mol. The molecule has 29 heavy (non-hydrogen) atoms. The van der Waals surface area contributed by atoms with E-state index in [4.69, 9.17) is 6.42 Å². The van der Waals surface area contributed by atoms with Crippen LogP contribution in [0.3, 0.4) is 0 Å². The highest BCUT2D eigenvalue weighted by Crippen LogP contribution is 2.14. The van der Waals surface area contributed by atoms with E-state index in [0.717, 1.165) is 4.47 Å². The molecule has 0 bridgehead atoms. The van der Waals surface area contributed by atoms with Crippen molar-refractivity contribution < 1.29 is 18.0 Å². The maximum absolute atomic E-state index is 12.2. The van der Waals surface area contributed by atoms with Gasteiger partial charge in [-0.3, -0.25) is 9.59 Å². The number of nitrogens with zero attached hydrogens (tertiary/aromatic N) is 1. The first-order chi connectivity index (χ1) is 13.7. The number of rotatable bonds is 8. The van der Waals surface area contributed by atoms with Gasteiger partial charge in [0, 0.05) is 35.7 Å². The van der Waals surface area contributed by atoms with Gasteiger partial charge in [-0.15, -0.1) is 6.42 Å². The van der Waals surface area contributed by atoms with Crippen molar-refractivity contribution in [1.29, 1.82) is 0 Å². The summed E-state index contributed by atoms with van der Waals surface area (Å²) in [5.41, 5.74) is 1.17. The smallest absolute Gasteiger partial charge is 0.243 e. The summed E-state index contributed by atoms with van der Waals surface area (Å²) in [4.78, 5) is 25.6. The van der Waals surface area contributed by atoms with Crippen molar-refractivity contribution in [2.75, 3.05) is 25.5 Å². The van der Waals surface area contributed by atoms with Gasteiger partial charge in [0.25, 0.3) is 0 Å². The van der Waals surface area contributed by atoms with Crippen LogP contribution in [0.1, 0.15) is 12.0 Å². The minimum Gasteiger partial charge on any atom is -0.336 e. The number of amides is 2. The average molecular weight is 478 g/mol. The van der Waals surface area contributed by atoms with E-state index in [1.807, 2.05) is 0 Å². The fraction of sp³-hybridized carbons (Fsp3) is 0.200. The number of anilines is 1. The van der Waals surface area contributed by atoms with Crippen molar-refractivity contribution in [2.24, 2.45) is 0 Å². The van der Waals surface area contributed by atoms with Crippen LogP contribution < -0.4 is 10.0 Å². The number of benzene rings is 2. The van der Waals surface area contributed by atoms with Crippen LogP contribution in [-0.4, -0.2) is 45.3 Å².